The summed E-state index contributed by atoms with van der Waals surface area (Å²) in [4.78, 5) is 11.5. The van der Waals surface area contributed by atoms with Gasteiger partial charge in [-0.2, -0.15) is 0 Å². The number of halogens is 2. The van der Waals surface area contributed by atoms with Crippen molar-refractivity contribution in [2.24, 2.45) is 0 Å². The average Bonchev–Trinajstić information content (AvgIpc) is 2.73. The van der Waals surface area contributed by atoms with Gasteiger partial charge in [0, 0.05) is 5.56 Å². The number of esters is 1. The first-order valence-electron chi connectivity index (χ1n) is 5.21. The van der Waals surface area contributed by atoms with Crippen molar-refractivity contribution in [2.45, 2.75) is 6.92 Å². The van der Waals surface area contributed by atoms with Crippen LogP contribution in [0.1, 0.15) is 17.4 Å². The molecule has 4 nitrogen and oxygen atoms in total. The zero-order chi connectivity index (χ0) is 13.1. The summed E-state index contributed by atoms with van der Waals surface area (Å²) in [5.41, 5.74) is 0.447. The summed E-state index contributed by atoms with van der Waals surface area (Å²) in [5, 5.41) is 3.61. The van der Waals surface area contributed by atoms with Crippen molar-refractivity contribution < 1.29 is 18.4 Å². The second kappa shape index (κ2) is 5.18. The van der Waals surface area contributed by atoms with Crippen LogP contribution in [0.4, 0.5) is 4.39 Å². The van der Waals surface area contributed by atoms with Gasteiger partial charge in [-0.15, -0.1) is 0 Å². The number of aromatic nitrogens is 1. The summed E-state index contributed by atoms with van der Waals surface area (Å²) in [6.07, 6.45) is 0. The molecule has 0 fully saturated rings. The Kier molecular flexibility index (Phi) is 3.62. The van der Waals surface area contributed by atoms with Crippen molar-refractivity contribution in [3.63, 3.8) is 0 Å². The Bertz CT molecular complexity index is 565. The first kappa shape index (κ1) is 12.6. The van der Waals surface area contributed by atoms with E-state index in [9.17, 15) is 9.18 Å². The van der Waals surface area contributed by atoms with Gasteiger partial charge in [-0.3, -0.25) is 0 Å². The molecule has 0 atom stereocenters. The second-order valence-electron chi connectivity index (χ2n) is 3.40. The zero-order valence-corrected chi connectivity index (χ0v) is 10.2. The molecular weight excluding hydrogens is 261 g/mol. The van der Waals surface area contributed by atoms with Gasteiger partial charge >= 0.3 is 5.97 Å². The fourth-order valence-electron chi connectivity index (χ4n) is 1.39. The topological polar surface area (TPSA) is 52.3 Å². The maximum atomic E-state index is 12.8. The molecule has 0 aliphatic carbocycles. The minimum absolute atomic E-state index is 0.0556. The predicted molar refractivity (Wildman–Crippen MR) is 62.9 cm³/mol. The third-order valence-corrected chi connectivity index (χ3v) is 2.56. The molecule has 1 aromatic carbocycles. The van der Waals surface area contributed by atoms with Crippen LogP contribution in [0.2, 0.25) is 5.02 Å². The smallest absolute Gasteiger partial charge is 0.362 e. The molecule has 0 unspecified atom stereocenters. The molecule has 0 aliphatic rings. The van der Waals surface area contributed by atoms with Crippen LogP contribution in [0.5, 0.6) is 0 Å². The van der Waals surface area contributed by atoms with Gasteiger partial charge in [0.25, 0.3) is 0 Å². The molecule has 0 spiro atoms. The third kappa shape index (κ3) is 2.36. The van der Waals surface area contributed by atoms with Crippen LogP contribution in [0.3, 0.4) is 0 Å². The zero-order valence-electron chi connectivity index (χ0n) is 9.44. The lowest BCUT2D eigenvalue weighted by Gasteiger charge is -1.97. The van der Waals surface area contributed by atoms with Crippen LogP contribution in [0, 0.1) is 5.82 Å². The van der Waals surface area contributed by atoms with Gasteiger partial charge in [0.05, 0.1) is 6.61 Å². The van der Waals surface area contributed by atoms with Gasteiger partial charge in [0.1, 0.15) is 10.8 Å². The molecule has 0 N–H and O–H groups in total. The summed E-state index contributed by atoms with van der Waals surface area (Å²) >= 11 is 5.98. The molecule has 0 aliphatic heterocycles. The lowest BCUT2D eigenvalue weighted by Crippen LogP contribution is -2.05. The number of carbonyl (C=O) groups is 1. The molecule has 2 rings (SSSR count). The molecule has 18 heavy (non-hydrogen) atoms. The van der Waals surface area contributed by atoms with E-state index in [0.29, 0.717) is 5.56 Å². The molecule has 94 valence electrons. The minimum Gasteiger partial charge on any atom is -0.461 e. The van der Waals surface area contributed by atoms with Gasteiger partial charge in [0.15, 0.2) is 5.76 Å². The molecule has 2 aromatic rings. The predicted octanol–water partition coefficient (Wildman–Crippen LogP) is 3.31. The standard InChI is InChI=1S/C12H9ClFNO3/c1-2-17-12(16)10-9(13)11(18-15-10)7-3-5-8(14)6-4-7/h3-6H,2H2,1H3. The van der Waals surface area contributed by atoms with E-state index in [-0.39, 0.29) is 28.9 Å². The summed E-state index contributed by atoms with van der Waals surface area (Å²) in [7, 11) is 0. The van der Waals surface area contributed by atoms with E-state index in [0.717, 1.165) is 0 Å². The van der Waals surface area contributed by atoms with Crippen LogP contribution < -0.4 is 0 Å². The molecule has 0 radical (unpaired) electrons. The van der Waals surface area contributed by atoms with Crippen LogP contribution in [0.15, 0.2) is 28.8 Å². The van der Waals surface area contributed by atoms with Crippen LogP contribution >= 0.6 is 11.6 Å². The highest BCUT2D eigenvalue weighted by Crippen LogP contribution is 2.31. The van der Waals surface area contributed by atoms with Gasteiger partial charge < -0.3 is 9.26 Å². The Labute approximate surface area is 107 Å². The molecule has 6 heteroatoms. The first-order valence-corrected chi connectivity index (χ1v) is 5.59. The molecule has 0 saturated carbocycles. The number of carbonyl (C=O) groups excluding carboxylic acids is 1. The van der Waals surface area contributed by atoms with Crippen molar-refractivity contribution >= 4 is 17.6 Å². The van der Waals surface area contributed by atoms with E-state index < -0.39 is 5.97 Å². The Morgan fingerprint density at radius 3 is 2.72 bits per heavy atom. The van der Waals surface area contributed by atoms with Crippen LogP contribution in [0.25, 0.3) is 11.3 Å². The summed E-state index contributed by atoms with van der Waals surface area (Å²) in [6.45, 7) is 1.89. The summed E-state index contributed by atoms with van der Waals surface area (Å²) in [6, 6.07) is 5.49. The minimum atomic E-state index is -0.653. The first-order chi connectivity index (χ1) is 8.63. The van der Waals surface area contributed by atoms with E-state index in [1.807, 2.05) is 0 Å². The van der Waals surface area contributed by atoms with Crippen molar-refractivity contribution in [3.8, 4) is 11.3 Å². The molecular formula is C12H9ClFNO3. The van der Waals surface area contributed by atoms with Crippen molar-refractivity contribution in [1.82, 2.24) is 5.16 Å². The molecule has 1 heterocycles. The molecule has 0 saturated heterocycles. The maximum absolute atomic E-state index is 12.8. The van der Waals surface area contributed by atoms with Gasteiger partial charge in [-0.1, -0.05) is 16.8 Å². The number of benzene rings is 1. The number of nitrogens with zero attached hydrogens (tertiary/aromatic N) is 1. The van der Waals surface area contributed by atoms with Crippen LogP contribution in [-0.4, -0.2) is 17.7 Å². The van der Waals surface area contributed by atoms with Crippen molar-refractivity contribution in [2.75, 3.05) is 6.61 Å². The largest absolute Gasteiger partial charge is 0.461 e. The SMILES string of the molecule is CCOC(=O)c1noc(-c2ccc(F)cc2)c1Cl. The number of rotatable bonds is 3. The van der Waals surface area contributed by atoms with Gasteiger partial charge in [-0.05, 0) is 31.2 Å². The van der Waals surface area contributed by atoms with E-state index in [1.165, 1.54) is 24.3 Å². The fraction of sp³-hybridized carbons (Fsp3) is 0.167. The lowest BCUT2D eigenvalue weighted by atomic mass is 10.1. The summed E-state index contributed by atoms with van der Waals surface area (Å²) < 4.78 is 22.5. The fourth-order valence-corrected chi connectivity index (χ4v) is 1.64. The van der Waals surface area contributed by atoms with E-state index in [4.69, 9.17) is 20.9 Å². The number of ether oxygens (including phenoxy) is 1. The van der Waals surface area contributed by atoms with E-state index in [2.05, 4.69) is 5.16 Å². The third-order valence-electron chi connectivity index (χ3n) is 2.21. The second-order valence-corrected chi connectivity index (χ2v) is 3.78. The Hall–Kier alpha value is -1.88. The number of hydrogen-bond acceptors (Lipinski definition) is 4. The van der Waals surface area contributed by atoms with Gasteiger partial charge in [0.2, 0.25) is 5.69 Å². The highest BCUT2D eigenvalue weighted by molar-refractivity contribution is 6.35. The normalized spacial score (nSPS) is 10.4. The molecule has 0 amide bonds. The Balaban J connectivity index is 2.36. The highest BCUT2D eigenvalue weighted by Gasteiger charge is 2.22. The monoisotopic (exact) mass is 269 g/mol. The number of hydrogen-bond donors (Lipinski definition) is 0. The van der Waals surface area contributed by atoms with Crippen molar-refractivity contribution in [3.05, 3.63) is 40.8 Å². The van der Waals surface area contributed by atoms with Crippen LogP contribution in [-0.2, 0) is 4.74 Å². The Morgan fingerprint density at radius 2 is 2.11 bits per heavy atom. The van der Waals surface area contributed by atoms with Crippen molar-refractivity contribution in [1.29, 1.82) is 0 Å². The molecule has 1 aromatic heterocycles. The molecule has 0 bridgehead atoms. The summed E-state index contributed by atoms with van der Waals surface area (Å²) in [5.74, 6) is -0.820. The maximum Gasteiger partial charge on any atom is 0.362 e. The quantitative estimate of drug-likeness (QED) is 0.802. The van der Waals surface area contributed by atoms with E-state index in [1.54, 1.807) is 6.92 Å². The van der Waals surface area contributed by atoms with Gasteiger partial charge in [-0.25, -0.2) is 9.18 Å². The lowest BCUT2D eigenvalue weighted by molar-refractivity contribution is 0.0515. The van der Waals surface area contributed by atoms with E-state index >= 15 is 0 Å². The highest BCUT2D eigenvalue weighted by atomic mass is 35.5. The Morgan fingerprint density at radius 1 is 1.44 bits per heavy atom. The average molecular weight is 270 g/mol.